The molecule has 0 fully saturated rings. The van der Waals surface area contributed by atoms with E-state index < -0.39 is 0 Å². The molecule has 3 rings (SSSR count). The van der Waals surface area contributed by atoms with Crippen molar-refractivity contribution in [2.75, 3.05) is 39.6 Å². The van der Waals surface area contributed by atoms with Crippen molar-refractivity contribution in [3.05, 3.63) is 70.0 Å². The molecule has 7 heteroatoms. The molecule has 0 aliphatic heterocycles. The summed E-state index contributed by atoms with van der Waals surface area (Å²) in [7, 11) is 5.72. The number of ether oxygens (including phenoxy) is 1. The van der Waals surface area contributed by atoms with Crippen molar-refractivity contribution in [3.8, 4) is 5.75 Å². The van der Waals surface area contributed by atoms with Gasteiger partial charge in [0, 0.05) is 23.9 Å². The fourth-order valence-electron chi connectivity index (χ4n) is 3.43. The zero-order chi connectivity index (χ0) is 22.4. The quantitative estimate of drug-likeness (QED) is 0.519. The number of anilines is 1. The van der Waals surface area contributed by atoms with Crippen molar-refractivity contribution >= 4 is 33.9 Å². The monoisotopic (exact) mass is 438 g/mol. The second kappa shape index (κ2) is 10.4. The van der Waals surface area contributed by atoms with Crippen molar-refractivity contribution < 1.29 is 4.74 Å². The van der Waals surface area contributed by atoms with Gasteiger partial charge in [0.2, 0.25) is 0 Å². The molecular weight excluding hydrogens is 408 g/mol. The summed E-state index contributed by atoms with van der Waals surface area (Å²) in [5.74, 6) is 0.713. The minimum atomic E-state index is -0.114. The summed E-state index contributed by atoms with van der Waals surface area (Å²) in [5, 5.41) is 4.90. The van der Waals surface area contributed by atoms with Crippen LogP contribution in [0.2, 0.25) is 0 Å². The van der Waals surface area contributed by atoms with E-state index in [1.54, 1.807) is 7.11 Å². The molecule has 2 N–H and O–H groups in total. The Morgan fingerprint density at radius 1 is 1.13 bits per heavy atom. The highest BCUT2D eigenvalue weighted by Gasteiger charge is 2.14. The largest absolute Gasteiger partial charge is 0.497 e. The van der Waals surface area contributed by atoms with Gasteiger partial charge in [-0.2, -0.15) is 0 Å². The summed E-state index contributed by atoms with van der Waals surface area (Å²) in [6, 6.07) is 15.7. The number of H-pyrrole nitrogens is 1. The molecule has 164 valence electrons. The summed E-state index contributed by atoms with van der Waals surface area (Å²) < 4.78 is 5.26. The number of fused-ring (bicyclic) bond motifs is 1. The molecule has 0 spiro atoms. The highest BCUT2D eigenvalue weighted by atomic mass is 32.1. The summed E-state index contributed by atoms with van der Waals surface area (Å²) in [6.45, 7) is 4.17. The third-order valence-electron chi connectivity index (χ3n) is 5.08. The fraction of sp³-hybridized carbons (Fsp3) is 0.333. The van der Waals surface area contributed by atoms with Gasteiger partial charge >= 0.3 is 0 Å². The number of benzene rings is 2. The standard InChI is InChI=1S/C24H30N4O2S/c1-17-7-5-8-20(13-17)25-24(31)28(12-6-11-27(2)3)16-19-14-18-9-10-21(30-4)15-22(18)26-23(19)29/h5,7-10,13-15H,6,11-12,16H2,1-4H3,(H,25,31)(H,26,29). The number of pyridine rings is 1. The van der Waals surface area contributed by atoms with Crippen LogP contribution in [0.5, 0.6) is 5.75 Å². The van der Waals surface area contributed by atoms with Crippen LogP contribution in [0.3, 0.4) is 0 Å². The molecule has 31 heavy (non-hydrogen) atoms. The number of hydrogen-bond acceptors (Lipinski definition) is 4. The van der Waals surface area contributed by atoms with E-state index in [4.69, 9.17) is 17.0 Å². The smallest absolute Gasteiger partial charge is 0.253 e. The van der Waals surface area contributed by atoms with E-state index in [2.05, 4.69) is 40.3 Å². The Bertz CT molecular complexity index is 1110. The zero-order valence-electron chi connectivity index (χ0n) is 18.6. The normalized spacial score (nSPS) is 11.0. The summed E-state index contributed by atoms with van der Waals surface area (Å²) in [5.41, 5.74) is 3.43. The molecule has 0 amide bonds. The van der Waals surface area contributed by atoms with Crippen molar-refractivity contribution in [3.63, 3.8) is 0 Å². The minimum absolute atomic E-state index is 0.114. The third-order valence-corrected chi connectivity index (χ3v) is 5.44. The van der Waals surface area contributed by atoms with Gasteiger partial charge in [-0.25, -0.2) is 0 Å². The van der Waals surface area contributed by atoms with Crippen LogP contribution in [-0.4, -0.2) is 54.2 Å². The van der Waals surface area contributed by atoms with Crippen LogP contribution in [-0.2, 0) is 6.54 Å². The molecule has 1 aromatic heterocycles. The van der Waals surface area contributed by atoms with Crippen LogP contribution in [0.25, 0.3) is 10.9 Å². The molecule has 6 nitrogen and oxygen atoms in total. The van der Waals surface area contributed by atoms with Gasteiger partial charge in [-0.15, -0.1) is 0 Å². The van der Waals surface area contributed by atoms with Crippen molar-refractivity contribution in [2.45, 2.75) is 19.9 Å². The first-order valence-electron chi connectivity index (χ1n) is 10.3. The maximum absolute atomic E-state index is 12.8. The van der Waals surface area contributed by atoms with Gasteiger partial charge in [0.1, 0.15) is 5.75 Å². The molecule has 0 aliphatic rings. The molecule has 0 radical (unpaired) electrons. The van der Waals surface area contributed by atoms with Crippen LogP contribution >= 0.6 is 12.2 Å². The SMILES string of the molecule is COc1ccc2cc(CN(CCCN(C)C)C(=S)Nc3cccc(C)c3)c(=O)[nH]c2c1. The highest BCUT2D eigenvalue weighted by molar-refractivity contribution is 7.80. The molecule has 2 aromatic carbocycles. The van der Waals surface area contributed by atoms with E-state index in [1.807, 2.05) is 49.4 Å². The lowest BCUT2D eigenvalue weighted by molar-refractivity contribution is 0.346. The Morgan fingerprint density at radius 3 is 2.65 bits per heavy atom. The van der Waals surface area contributed by atoms with Crippen molar-refractivity contribution in [1.29, 1.82) is 0 Å². The lowest BCUT2D eigenvalue weighted by atomic mass is 10.1. The van der Waals surface area contributed by atoms with E-state index >= 15 is 0 Å². The summed E-state index contributed by atoms with van der Waals surface area (Å²) >= 11 is 5.72. The first-order chi connectivity index (χ1) is 14.9. The first kappa shape index (κ1) is 22.8. The van der Waals surface area contributed by atoms with Gasteiger partial charge in [0.15, 0.2) is 5.11 Å². The lowest BCUT2D eigenvalue weighted by Gasteiger charge is -2.26. The number of aromatic nitrogens is 1. The van der Waals surface area contributed by atoms with Crippen LogP contribution in [0.1, 0.15) is 17.5 Å². The predicted octanol–water partition coefficient (Wildman–Crippen LogP) is 4.00. The van der Waals surface area contributed by atoms with E-state index in [0.29, 0.717) is 23.0 Å². The number of rotatable bonds is 8. The van der Waals surface area contributed by atoms with Crippen LogP contribution < -0.4 is 15.6 Å². The van der Waals surface area contributed by atoms with Gasteiger partial charge in [0.05, 0.1) is 19.2 Å². The molecule has 0 saturated heterocycles. The summed E-state index contributed by atoms with van der Waals surface area (Å²) in [6.07, 6.45) is 0.936. The molecule has 0 unspecified atom stereocenters. The molecule has 3 aromatic rings. The molecule has 0 aliphatic carbocycles. The lowest BCUT2D eigenvalue weighted by Crippen LogP contribution is -2.37. The topological polar surface area (TPSA) is 60.6 Å². The number of hydrogen-bond donors (Lipinski definition) is 2. The maximum Gasteiger partial charge on any atom is 0.253 e. The second-order valence-corrected chi connectivity index (χ2v) is 8.34. The first-order valence-corrected chi connectivity index (χ1v) is 10.7. The van der Waals surface area contributed by atoms with E-state index in [9.17, 15) is 4.79 Å². The average molecular weight is 439 g/mol. The van der Waals surface area contributed by atoms with Crippen molar-refractivity contribution in [2.24, 2.45) is 0 Å². The minimum Gasteiger partial charge on any atom is -0.497 e. The molecule has 0 atom stereocenters. The summed E-state index contributed by atoms with van der Waals surface area (Å²) in [4.78, 5) is 20.0. The Balaban J connectivity index is 1.83. The van der Waals surface area contributed by atoms with Crippen LogP contribution in [0.4, 0.5) is 5.69 Å². The highest BCUT2D eigenvalue weighted by Crippen LogP contribution is 2.19. The Morgan fingerprint density at radius 2 is 1.94 bits per heavy atom. The van der Waals surface area contributed by atoms with Crippen LogP contribution in [0, 0.1) is 6.92 Å². The number of methoxy groups -OCH3 is 1. The van der Waals surface area contributed by atoms with Crippen LogP contribution in [0.15, 0.2) is 53.3 Å². The Labute approximate surface area is 188 Å². The zero-order valence-corrected chi connectivity index (χ0v) is 19.4. The number of nitrogens with one attached hydrogen (secondary N) is 2. The van der Waals surface area contributed by atoms with E-state index in [-0.39, 0.29) is 5.56 Å². The van der Waals surface area contributed by atoms with Gasteiger partial charge in [0.25, 0.3) is 5.56 Å². The fourth-order valence-corrected chi connectivity index (χ4v) is 3.70. The molecule has 0 bridgehead atoms. The average Bonchev–Trinajstić information content (AvgIpc) is 2.72. The van der Waals surface area contributed by atoms with Gasteiger partial charge in [-0.1, -0.05) is 12.1 Å². The molecular formula is C24H30N4O2S. The third kappa shape index (κ3) is 6.29. The van der Waals surface area contributed by atoms with Gasteiger partial charge in [-0.3, -0.25) is 4.79 Å². The Kier molecular flexibility index (Phi) is 7.65. The number of nitrogens with zero attached hydrogens (tertiary/aromatic N) is 2. The number of aromatic amines is 1. The number of thiocarbonyl (C=S) groups is 1. The maximum atomic E-state index is 12.8. The second-order valence-electron chi connectivity index (χ2n) is 7.95. The van der Waals surface area contributed by atoms with Gasteiger partial charge < -0.3 is 24.8 Å². The predicted molar refractivity (Wildman–Crippen MR) is 132 cm³/mol. The Hall–Kier alpha value is -2.90. The molecule has 1 heterocycles. The van der Waals surface area contributed by atoms with E-state index in [1.165, 1.54) is 0 Å². The van der Waals surface area contributed by atoms with Gasteiger partial charge in [-0.05, 0) is 87.5 Å². The van der Waals surface area contributed by atoms with E-state index in [0.717, 1.165) is 41.7 Å². The van der Waals surface area contributed by atoms with Crippen molar-refractivity contribution in [1.82, 2.24) is 14.8 Å². The number of aryl methyl sites for hydroxylation is 1. The molecule has 0 saturated carbocycles.